The number of carbonyl (C=O) groups excluding carboxylic acids is 1. The van der Waals surface area contributed by atoms with Crippen LogP contribution in [0.4, 0.5) is 0 Å². The third-order valence-electron chi connectivity index (χ3n) is 1.66. The van der Waals surface area contributed by atoms with Crippen molar-refractivity contribution >= 4 is 11.5 Å². The smallest absolute Gasteiger partial charge is 0.248 e. The van der Waals surface area contributed by atoms with Crippen molar-refractivity contribution in [1.82, 2.24) is 0 Å². The minimum absolute atomic E-state index is 0. The van der Waals surface area contributed by atoms with E-state index in [0.717, 1.165) is 11.1 Å². The maximum atomic E-state index is 10.7. The van der Waals surface area contributed by atoms with Crippen LogP contribution >= 0.6 is 0 Å². The average molecular weight is 163 g/mol. The van der Waals surface area contributed by atoms with E-state index < -0.39 is 5.91 Å². The van der Waals surface area contributed by atoms with E-state index in [-0.39, 0.29) is 1.43 Å². The van der Waals surface area contributed by atoms with E-state index >= 15 is 0 Å². The number of amides is 1. The van der Waals surface area contributed by atoms with E-state index in [1.807, 2.05) is 19.1 Å². The lowest BCUT2D eigenvalue weighted by atomic mass is 10.1. The third kappa shape index (κ3) is 1.72. The van der Waals surface area contributed by atoms with E-state index in [4.69, 9.17) is 5.73 Å². The standard InChI is InChI=1S/C10H11NO.H2/c1-7(2)8-3-5-9(6-4-8)10(11)12;/h3-6H,1H2,2H3,(H2,11,12);1H. The molecule has 0 saturated heterocycles. The number of rotatable bonds is 2. The van der Waals surface area contributed by atoms with Gasteiger partial charge in [0.1, 0.15) is 0 Å². The van der Waals surface area contributed by atoms with Crippen molar-refractivity contribution < 1.29 is 6.22 Å². The molecule has 12 heavy (non-hydrogen) atoms. The van der Waals surface area contributed by atoms with Crippen LogP contribution in [0.5, 0.6) is 0 Å². The second kappa shape index (κ2) is 3.22. The molecule has 1 aromatic carbocycles. The van der Waals surface area contributed by atoms with Crippen LogP contribution in [0.2, 0.25) is 0 Å². The van der Waals surface area contributed by atoms with Gasteiger partial charge in [-0.15, -0.1) is 0 Å². The molecule has 0 spiro atoms. The Morgan fingerprint density at radius 3 is 2.08 bits per heavy atom. The molecule has 0 radical (unpaired) electrons. The third-order valence-corrected chi connectivity index (χ3v) is 1.66. The van der Waals surface area contributed by atoms with E-state index in [9.17, 15) is 4.79 Å². The molecule has 0 heterocycles. The second-order valence-electron chi connectivity index (χ2n) is 2.72. The summed E-state index contributed by atoms with van der Waals surface area (Å²) in [6.07, 6.45) is 0. The van der Waals surface area contributed by atoms with Crippen molar-refractivity contribution in [3.05, 3.63) is 42.0 Å². The summed E-state index contributed by atoms with van der Waals surface area (Å²) in [7, 11) is 0. The minimum Gasteiger partial charge on any atom is -0.366 e. The van der Waals surface area contributed by atoms with Crippen molar-refractivity contribution in [1.29, 1.82) is 0 Å². The summed E-state index contributed by atoms with van der Waals surface area (Å²) < 4.78 is 0. The van der Waals surface area contributed by atoms with Gasteiger partial charge in [0.15, 0.2) is 0 Å². The summed E-state index contributed by atoms with van der Waals surface area (Å²) >= 11 is 0. The molecule has 1 amide bonds. The van der Waals surface area contributed by atoms with Gasteiger partial charge in [-0.1, -0.05) is 24.3 Å². The summed E-state index contributed by atoms with van der Waals surface area (Å²) in [5.41, 5.74) is 7.61. The van der Waals surface area contributed by atoms with E-state index in [0.29, 0.717) is 5.56 Å². The number of carbonyl (C=O) groups is 1. The summed E-state index contributed by atoms with van der Waals surface area (Å²) in [4.78, 5) is 10.7. The number of hydrogen-bond donors (Lipinski definition) is 1. The summed E-state index contributed by atoms with van der Waals surface area (Å²) in [6.45, 7) is 5.70. The number of hydrogen-bond acceptors (Lipinski definition) is 1. The Morgan fingerprint density at radius 1 is 1.33 bits per heavy atom. The van der Waals surface area contributed by atoms with Crippen LogP contribution in [0.3, 0.4) is 0 Å². The SMILES string of the molecule is C=C(C)c1ccc(C(N)=O)cc1.[HH]. The number of primary amides is 1. The van der Waals surface area contributed by atoms with Gasteiger partial charge in [0.2, 0.25) is 5.91 Å². The van der Waals surface area contributed by atoms with Crippen LogP contribution in [0.15, 0.2) is 30.8 Å². The molecular formula is C10H13NO. The topological polar surface area (TPSA) is 43.1 Å². The summed E-state index contributed by atoms with van der Waals surface area (Å²) in [5.74, 6) is -0.400. The normalized spacial score (nSPS) is 9.42. The molecule has 0 aliphatic heterocycles. The fourth-order valence-corrected chi connectivity index (χ4v) is 0.919. The highest BCUT2D eigenvalue weighted by atomic mass is 16.1. The van der Waals surface area contributed by atoms with Gasteiger partial charge < -0.3 is 5.73 Å². The van der Waals surface area contributed by atoms with Gasteiger partial charge in [0.25, 0.3) is 0 Å². The maximum Gasteiger partial charge on any atom is 0.248 e. The molecule has 2 heteroatoms. The van der Waals surface area contributed by atoms with E-state index in [2.05, 4.69) is 6.58 Å². The van der Waals surface area contributed by atoms with Gasteiger partial charge in [-0.25, -0.2) is 0 Å². The molecule has 1 rings (SSSR count). The largest absolute Gasteiger partial charge is 0.366 e. The Kier molecular flexibility index (Phi) is 2.29. The first-order valence-corrected chi connectivity index (χ1v) is 3.67. The van der Waals surface area contributed by atoms with E-state index in [1.165, 1.54) is 0 Å². The van der Waals surface area contributed by atoms with Crippen LogP contribution < -0.4 is 5.73 Å². The van der Waals surface area contributed by atoms with Crippen molar-refractivity contribution in [3.63, 3.8) is 0 Å². The lowest BCUT2D eigenvalue weighted by molar-refractivity contribution is 0.100. The van der Waals surface area contributed by atoms with Gasteiger partial charge in [0.05, 0.1) is 0 Å². The lowest BCUT2D eigenvalue weighted by Crippen LogP contribution is -2.10. The number of nitrogens with two attached hydrogens (primary N) is 1. The number of allylic oxidation sites excluding steroid dienone is 1. The fourth-order valence-electron chi connectivity index (χ4n) is 0.919. The fraction of sp³-hybridized carbons (Fsp3) is 0.100. The minimum atomic E-state index is -0.400. The second-order valence-corrected chi connectivity index (χ2v) is 2.72. The number of benzene rings is 1. The predicted octanol–water partition coefficient (Wildman–Crippen LogP) is 2.06. The lowest BCUT2D eigenvalue weighted by Gasteiger charge is -1.99. The molecule has 0 aliphatic rings. The Morgan fingerprint density at radius 2 is 1.75 bits per heavy atom. The zero-order valence-electron chi connectivity index (χ0n) is 7.00. The van der Waals surface area contributed by atoms with Gasteiger partial charge in [-0.05, 0) is 24.6 Å². The van der Waals surface area contributed by atoms with E-state index in [1.54, 1.807) is 12.1 Å². The van der Waals surface area contributed by atoms with Crippen LogP contribution in [-0.4, -0.2) is 5.91 Å². The zero-order valence-corrected chi connectivity index (χ0v) is 7.00. The van der Waals surface area contributed by atoms with Gasteiger partial charge in [0, 0.05) is 6.99 Å². The van der Waals surface area contributed by atoms with Crippen molar-refractivity contribution in [2.75, 3.05) is 0 Å². The molecule has 0 aliphatic carbocycles. The zero-order chi connectivity index (χ0) is 9.14. The molecule has 2 N–H and O–H groups in total. The highest BCUT2D eigenvalue weighted by molar-refractivity contribution is 5.93. The first-order valence-electron chi connectivity index (χ1n) is 3.67. The van der Waals surface area contributed by atoms with Gasteiger partial charge >= 0.3 is 0 Å². The first kappa shape index (κ1) is 8.53. The van der Waals surface area contributed by atoms with Gasteiger partial charge in [-0.2, -0.15) is 0 Å². The highest BCUT2D eigenvalue weighted by Crippen LogP contribution is 2.11. The maximum absolute atomic E-state index is 10.7. The van der Waals surface area contributed by atoms with Crippen molar-refractivity contribution in [2.45, 2.75) is 6.92 Å². The molecule has 0 atom stereocenters. The van der Waals surface area contributed by atoms with Crippen molar-refractivity contribution in [2.24, 2.45) is 5.73 Å². The van der Waals surface area contributed by atoms with Crippen LogP contribution in [0.1, 0.15) is 24.3 Å². The van der Waals surface area contributed by atoms with Crippen LogP contribution in [0, 0.1) is 0 Å². The van der Waals surface area contributed by atoms with Crippen LogP contribution in [-0.2, 0) is 0 Å². The van der Waals surface area contributed by atoms with Crippen molar-refractivity contribution in [3.8, 4) is 0 Å². The Bertz CT molecular complexity index is 283. The Labute approximate surface area is 73.2 Å². The molecular weight excluding hydrogens is 150 g/mol. The Balaban J connectivity index is 0.00000144. The predicted molar refractivity (Wildman–Crippen MR) is 51.8 cm³/mol. The molecule has 2 nitrogen and oxygen atoms in total. The molecule has 0 aromatic heterocycles. The highest BCUT2D eigenvalue weighted by Gasteiger charge is 1.98. The quantitative estimate of drug-likeness (QED) is 0.712. The summed E-state index contributed by atoms with van der Waals surface area (Å²) in [6, 6.07) is 7.07. The van der Waals surface area contributed by atoms with Gasteiger partial charge in [-0.3, -0.25) is 4.79 Å². The molecule has 64 valence electrons. The molecule has 0 fully saturated rings. The molecule has 0 saturated carbocycles. The monoisotopic (exact) mass is 163 g/mol. The Hall–Kier alpha value is -1.57. The summed E-state index contributed by atoms with van der Waals surface area (Å²) in [5, 5.41) is 0. The molecule has 0 bridgehead atoms. The van der Waals surface area contributed by atoms with Crippen LogP contribution in [0.25, 0.3) is 5.57 Å². The average Bonchev–Trinajstić information content (AvgIpc) is 2.04. The molecule has 0 unspecified atom stereocenters. The first-order chi connectivity index (χ1) is 5.61. The molecule has 1 aromatic rings.